The van der Waals surface area contributed by atoms with Crippen molar-refractivity contribution in [1.29, 1.82) is 5.26 Å². The number of aromatic hydroxyl groups is 1. The van der Waals surface area contributed by atoms with Gasteiger partial charge < -0.3 is 9.84 Å². The summed E-state index contributed by atoms with van der Waals surface area (Å²) in [5.41, 5.74) is 0.946. The average Bonchev–Trinajstić information content (AvgIpc) is 2.57. The van der Waals surface area contributed by atoms with Gasteiger partial charge in [-0.1, -0.05) is 6.07 Å². The Bertz CT molecular complexity index is 955. The van der Waals surface area contributed by atoms with E-state index in [1.54, 1.807) is 12.1 Å². The maximum absolute atomic E-state index is 13.3. The number of hydrogen-bond acceptors (Lipinski definition) is 5. The average molecular weight is 325 g/mol. The Morgan fingerprint density at radius 2 is 1.79 bits per heavy atom. The number of benzene rings is 1. The van der Waals surface area contributed by atoms with Gasteiger partial charge in [0.25, 0.3) is 0 Å². The van der Waals surface area contributed by atoms with E-state index in [-0.39, 0.29) is 17.3 Å². The van der Waals surface area contributed by atoms with Crippen LogP contribution >= 0.6 is 0 Å². The van der Waals surface area contributed by atoms with Gasteiger partial charge in [0.1, 0.15) is 23.3 Å². The van der Waals surface area contributed by atoms with Crippen LogP contribution in [0, 0.1) is 23.0 Å². The van der Waals surface area contributed by atoms with Gasteiger partial charge in [0.15, 0.2) is 11.6 Å². The molecule has 1 N–H and O–H groups in total. The number of nitrogens with zero attached hydrogens (tertiary/aromatic N) is 3. The molecule has 118 valence electrons. The van der Waals surface area contributed by atoms with Crippen molar-refractivity contribution in [3.8, 4) is 34.6 Å². The van der Waals surface area contributed by atoms with E-state index in [4.69, 9.17) is 10.00 Å². The fourth-order valence-corrected chi connectivity index (χ4v) is 2.05. The maximum atomic E-state index is 13.3. The molecule has 0 aliphatic carbocycles. The number of pyridine rings is 2. The molecule has 0 aliphatic heterocycles. The van der Waals surface area contributed by atoms with Crippen LogP contribution in [0.25, 0.3) is 11.1 Å². The van der Waals surface area contributed by atoms with E-state index in [9.17, 15) is 13.9 Å². The summed E-state index contributed by atoms with van der Waals surface area (Å²) in [4.78, 5) is 7.59. The molecule has 3 aromatic rings. The molecule has 5 nitrogen and oxygen atoms in total. The third-order valence-electron chi connectivity index (χ3n) is 3.10. The zero-order chi connectivity index (χ0) is 17.1. The highest BCUT2D eigenvalue weighted by atomic mass is 19.2. The van der Waals surface area contributed by atoms with Crippen LogP contribution in [0.15, 0.2) is 48.8 Å². The summed E-state index contributed by atoms with van der Waals surface area (Å²) in [6.45, 7) is 0. The lowest BCUT2D eigenvalue weighted by molar-refractivity contribution is 0.437. The smallest absolute Gasteiger partial charge is 0.215 e. The van der Waals surface area contributed by atoms with Crippen LogP contribution in [0.2, 0.25) is 0 Å². The first-order chi connectivity index (χ1) is 11.5. The van der Waals surface area contributed by atoms with Crippen LogP contribution < -0.4 is 4.74 Å². The summed E-state index contributed by atoms with van der Waals surface area (Å²) in [7, 11) is 0. The lowest BCUT2D eigenvalue weighted by Gasteiger charge is -2.08. The highest BCUT2D eigenvalue weighted by Crippen LogP contribution is 2.28. The molecule has 0 saturated carbocycles. The van der Waals surface area contributed by atoms with Gasteiger partial charge in [-0.05, 0) is 23.8 Å². The van der Waals surface area contributed by atoms with Gasteiger partial charge in [-0.3, -0.25) is 4.98 Å². The molecule has 0 radical (unpaired) electrons. The van der Waals surface area contributed by atoms with Gasteiger partial charge in [0.05, 0.1) is 6.20 Å². The molecule has 0 amide bonds. The molecule has 0 spiro atoms. The van der Waals surface area contributed by atoms with Crippen LogP contribution in [0.1, 0.15) is 5.69 Å². The number of nitriles is 1. The molecule has 2 heterocycles. The second-order valence-corrected chi connectivity index (χ2v) is 4.80. The number of ether oxygens (including phenoxy) is 1. The Morgan fingerprint density at radius 3 is 2.54 bits per heavy atom. The second-order valence-electron chi connectivity index (χ2n) is 4.80. The Balaban J connectivity index is 1.92. The zero-order valence-corrected chi connectivity index (χ0v) is 12.1. The molecular formula is C17H9F2N3O2. The minimum atomic E-state index is -0.962. The van der Waals surface area contributed by atoms with Gasteiger partial charge in [-0.25, -0.2) is 13.8 Å². The molecule has 0 fully saturated rings. The van der Waals surface area contributed by atoms with Crippen LogP contribution in [-0.4, -0.2) is 15.1 Å². The minimum absolute atomic E-state index is 0.00489. The van der Waals surface area contributed by atoms with E-state index in [1.165, 1.54) is 30.6 Å². The summed E-state index contributed by atoms with van der Waals surface area (Å²) in [5, 5.41) is 18.3. The maximum Gasteiger partial charge on any atom is 0.215 e. The highest BCUT2D eigenvalue weighted by Gasteiger charge is 2.08. The van der Waals surface area contributed by atoms with Crippen molar-refractivity contribution in [2.45, 2.75) is 0 Å². The summed E-state index contributed by atoms with van der Waals surface area (Å²) in [6.07, 6.45) is 2.89. The van der Waals surface area contributed by atoms with Crippen molar-refractivity contribution in [1.82, 2.24) is 9.97 Å². The Kier molecular flexibility index (Phi) is 4.03. The fraction of sp³-hybridized carbons (Fsp3) is 0. The molecule has 3 rings (SSSR count). The third kappa shape index (κ3) is 3.28. The molecule has 0 aliphatic rings. The molecular weight excluding hydrogens is 316 g/mol. The van der Waals surface area contributed by atoms with E-state index in [1.807, 2.05) is 0 Å². The molecule has 24 heavy (non-hydrogen) atoms. The quantitative estimate of drug-likeness (QED) is 0.792. The van der Waals surface area contributed by atoms with Crippen molar-refractivity contribution in [3.63, 3.8) is 0 Å². The van der Waals surface area contributed by atoms with E-state index in [2.05, 4.69) is 9.97 Å². The van der Waals surface area contributed by atoms with Crippen molar-refractivity contribution >= 4 is 0 Å². The standard InChI is InChI=1S/C17H9F2N3O2/c18-15-2-1-10(4-16(15)19)11-3-14(9-21-8-11)24-13-5-12(7-20)22-17(23)6-13/h1-6,8-9H,(H,22,23). The Morgan fingerprint density at radius 1 is 0.958 bits per heavy atom. The molecule has 0 atom stereocenters. The second kappa shape index (κ2) is 6.30. The molecule has 7 heteroatoms. The number of hydrogen-bond donors (Lipinski definition) is 1. The first kappa shape index (κ1) is 15.4. The summed E-state index contributed by atoms with van der Waals surface area (Å²) in [6, 6.07) is 9.47. The molecule has 0 unspecified atom stereocenters. The number of rotatable bonds is 3. The third-order valence-corrected chi connectivity index (χ3v) is 3.10. The summed E-state index contributed by atoms with van der Waals surface area (Å²) >= 11 is 0. The molecule has 0 bridgehead atoms. The monoisotopic (exact) mass is 325 g/mol. The summed E-state index contributed by atoms with van der Waals surface area (Å²) in [5.74, 6) is -1.75. The SMILES string of the molecule is N#Cc1cc(Oc2cncc(-c3ccc(F)c(F)c3)c2)cc(O)n1. The van der Waals surface area contributed by atoms with Crippen LogP contribution in [0.4, 0.5) is 8.78 Å². The Hall–Kier alpha value is -3.53. The van der Waals surface area contributed by atoms with Crippen LogP contribution in [-0.2, 0) is 0 Å². The molecule has 1 aromatic carbocycles. The van der Waals surface area contributed by atoms with Crippen LogP contribution in [0.5, 0.6) is 17.4 Å². The highest BCUT2D eigenvalue weighted by molar-refractivity contribution is 5.64. The van der Waals surface area contributed by atoms with E-state index in [0.717, 1.165) is 12.1 Å². The van der Waals surface area contributed by atoms with Gasteiger partial charge >= 0.3 is 0 Å². The van der Waals surface area contributed by atoms with E-state index >= 15 is 0 Å². The minimum Gasteiger partial charge on any atom is -0.493 e. The van der Waals surface area contributed by atoms with Gasteiger partial charge in [-0.2, -0.15) is 5.26 Å². The van der Waals surface area contributed by atoms with Gasteiger partial charge in [-0.15, -0.1) is 0 Å². The molecule has 2 aromatic heterocycles. The fourth-order valence-electron chi connectivity index (χ4n) is 2.05. The number of aromatic nitrogens is 2. The predicted octanol–water partition coefficient (Wildman–Crippen LogP) is 3.79. The van der Waals surface area contributed by atoms with Gasteiger partial charge in [0, 0.05) is 23.9 Å². The van der Waals surface area contributed by atoms with Crippen LogP contribution in [0.3, 0.4) is 0 Å². The van der Waals surface area contributed by atoms with Crippen molar-refractivity contribution in [2.75, 3.05) is 0 Å². The van der Waals surface area contributed by atoms with Crippen molar-refractivity contribution in [2.24, 2.45) is 0 Å². The zero-order valence-electron chi connectivity index (χ0n) is 12.1. The van der Waals surface area contributed by atoms with E-state index < -0.39 is 11.6 Å². The predicted molar refractivity (Wildman–Crippen MR) is 80.3 cm³/mol. The lowest BCUT2D eigenvalue weighted by atomic mass is 10.1. The Labute approximate surface area is 135 Å². The first-order valence-corrected chi connectivity index (χ1v) is 6.74. The van der Waals surface area contributed by atoms with Crippen molar-refractivity contribution in [3.05, 3.63) is 66.1 Å². The lowest BCUT2D eigenvalue weighted by Crippen LogP contribution is -1.91. The largest absolute Gasteiger partial charge is 0.493 e. The number of halogens is 2. The van der Waals surface area contributed by atoms with Gasteiger partial charge in [0.2, 0.25) is 5.88 Å². The topological polar surface area (TPSA) is 79.0 Å². The normalized spacial score (nSPS) is 10.2. The van der Waals surface area contributed by atoms with E-state index in [0.29, 0.717) is 16.9 Å². The summed E-state index contributed by atoms with van der Waals surface area (Å²) < 4.78 is 31.9. The molecule has 0 saturated heterocycles. The first-order valence-electron chi connectivity index (χ1n) is 6.74. The van der Waals surface area contributed by atoms with Crippen molar-refractivity contribution < 1.29 is 18.6 Å².